The van der Waals surface area contributed by atoms with Gasteiger partial charge in [0, 0.05) is 49.3 Å². The molecule has 6 rings (SSSR count). The second kappa shape index (κ2) is 14.9. The molecule has 2 fully saturated rings. The van der Waals surface area contributed by atoms with Crippen LogP contribution >= 0.6 is 23.2 Å². The first kappa shape index (κ1) is 36.8. The summed E-state index contributed by atoms with van der Waals surface area (Å²) in [7, 11) is 0. The molecule has 272 valence electrons. The Morgan fingerprint density at radius 2 is 1.31 bits per heavy atom. The summed E-state index contributed by atoms with van der Waals surface area (Å²) in [6.07, 6.45) is -4.60. The molecule has 0 aliphatic carbocycles. The molecule has 0 radical (unpaired) electrons. The van der Waals surface area contributed by atoms with Crippen molar-refractivity contribution in [2.24, 2.45) is 4.99 Å². The number of nitrogens with zero attached hydrogens (tertiary/aromatic N) is 5. The minimum atomic E-state index is -4.60. The number of amides is 4. The highest BCUT2D eigenvalue weighted by molar-refractivity contribution is 6.30. The van der Waals surface area contributed by atoms with Crippen molar-refractivity contribution >= 4 is 41.1 Å². The van der Waals surface area contributed by atoms with Gasteiger partial charge >= 0.3 is 18.2 Å². The fourth-order valence-corrected chi connectivity index (χ4v) is 6.76. The number of rotatable bonds is 5. The van der Waals surface area contributed by atoms with Crippen LogP contribution in [0.3, 0.4) is 0 Å². The molecule has 0 unspecified atom stereocenters. The Labute approximate surface area is 305 Å². The number of urea groups is 2. The minimum Gasteiger partial charge on any atom is -0.483 e. The SMILES string of the molecule is CC(C)(C)c1ccc(C2=N[C@@H](c3ccc(Cl)cc3)[C@@H](c3ccc(Cl)cc3)N2C(=O)N2CCN(C(=O)N3CCOCC3)CC2)c(OCC(F)(F)F)c1. The lowest BCUT2D eigenvalue weighted by atomic mass is 9.86. The Balaban J connectivity index is 1.42. The van der Waals surface area contributed by atoms with Gasteiger partial charge in [-0.3, -0.25) is 9.89 Å². The van der Waals surface area contributed by atoms with Crippen molar-refractivity contribution in [1.29, 1.82) is 0 Å². The largest absolute Gasteiger partial charge is 0.483 e. The number of alkyl halides is 3. The van der Waals surface area contributed by atoms with Gasteiger partial charge in [0.1, 0.15) is 17.6 Å². The molecule has 3 aliphatic heterocycles. The summed E-state index contributed by atoms with van der Waals surface area (Å²) in [4.78, 5) is 39.9. The van der Waals surface area contributed by atoms with Crippen LogP contribution in [0.25, 0.3) is 0 Å². The third-order valence-corrected chi connectivity index (χ3v) is 9.78. The highest BCUT2D eigenvalue weighted by atomic mass is 35.5. The van der Waals surface area contributed by atoms with Crippen LogP contribution < -0.4 is 4.74 Å². The molecule has 0 aromatic heterocycles. The average molecular weight is 747 g/mol. The van der Waals surface area contributed by atoms with Crippen LogP contribution in [0.15, 0.2) is 71.7 Å². The van der Waals surface area contributed by atoms with E-state index in [1.165, 1.54) is 0 Å². The summed E-state index contributed by atoms with van der Waals surface area (Å²) in [6, 6.07) is 17.4. The monoisotopic (exact) mass is 745 g/mol. The molecule has 0 N–H and O–H groups in total. The third kappa shape index (κ3) is 8.39. The van der Waals surface area contributed by atoms with Crippen LogP contribution in [0.2, 0.25) is 10.0 Å². The number of piperazine rings is 1. The topological polar surface area (TPSA) is 77.9 Å². The van der Waals surface area contributed by atoms with Gasteiger partial charge in [0.15, 0.2) is 6.61 Å². The predicted octanol–water partition coefficient (Wildman–Crippen LogP) is 7.97. The van der Waals surface area contributed by atoms with Crippen LogP contribution in [-0.4, -0.2) is 103 Å². The molecule has 9 nitrogen and oxygen atoms in total. The molecule has 3 aromatic rings. The Kier molecular flexibility index (Phi) is 10.8. The summed E-state index contributed by atoms with van der Waals surface area (Å²) in [5.74, 6) is 0.133. The summed E-state index contributed by atoms with van der Waals surface area (Å²) >= 11 is 12.5. The zero-order chi connectivity index (χ0) is 36.5. The zero-order valence-corrected chi connectivity index (χ0v) is 30.1. The van der Waals surface area contributed by atoms with Crippen molar-refractivity contribution in [3.63, 3.8) is 0 Å². The number of benzene rings is 3. The van der Waals surface area contributed by atoms with Gasteiger partial charge in [0.25, 0.3) is 0 Å². The van der Waals surface area contributed by atoms with Gasteiger partial charge in [-0.05, 0) is 58.5 Å². The first-order chi connectivity index (χ1) is 24.2. The normalized spacial score (nSPS) is 20.0. The van der Waals surface area contributed by atoms with Gasteiger partial charge in [-0.2, -0.15) is 13.2 Å². The quantitative estimate of drug-likeness (QED) is 0.266. The van der Waals surface area contributed by atoms with E-state index in [1.807, 2.05) is 51.1 Å². The number of morpholine rings is 1. The number of amidine groups is 1. The Bertz CT molecular complexity index is 1750. The number of ether oxygens (including phenoxy) is 2. The van der Waals surface area contributed by atoms with Crippen LogP contribution in [-0.2, 0) is 10.2 Å². The molecule has 4 amide bonds. The smallest absolute Gasteiger partial charge is 0.422 e. The lowest BCUT2D eigenvalue weighted by Gasteiger charge is -2.40. The molecule has 3 heterocycles. The van der Waals surface area contributed by atoms with E-state index in [0.717, 1.165) is 16.7 Å². The van der Waals surface area contributed by atoms with Crippen molar-refractivity contribution in [3.8, 4) is 5.75 Å². The van der Waals surface area contributed by atoms with E-state index in [2.05, 4.69) is 0 Å². The van der Waals surface area contributed by atoms with Gasteiger partial charge in [0.05, 0.1) is 24.8 Å². The summed E-state index contributed by atoms with van der Waals surface area (Å²) < 4.78 is 51.6. The van der Waals surface area contributed by atoms with Crippen molar-refractivity contribution in [1.82, 2.24) is 19.6 Å². The van der Waals surface area contributed by atoms with Gasteiger partial charge in [-0.1, -0.05) is 74.3 Å². The number of carbonyl (C=O) groups is 2. The highest BCUT2D eigenvalue weighted by Crippen LogP contribution is 2.46. The molecule has 2 saturated heterocycles. The van der Waals surface area contributed by atoms with E-state index in [0.29, 0.717) is 49.4 Å². The first-order valence-electron chi connectivity index (χ1n) is 16.8. The Hall–Kier alpha value is -4.00. The summed E-state index contributed by atoms with van der Waals surface area (Å²) in [5, 5.41) is 1.02. The maximum atomic E-state index is 14.9. The number of hydrogen-bond donors (Lipinski definition) is 0. The predicted molar refractivity (Wildman–Crippen MR) is 190 cm³/mol. The summed E-state index contributed by atoms with van der Waals surface area (Å²) in [6.45, 7) is 7.44. The Morgan fingerprint density at radius 1 is 0.784 bits per heavy atom. The molecular weight excluding hydrogens is 706 g/mol. The fraction of sp³-hybridized carbons (Fsp3) is 0.432. The average Bonchev–Trinajstić information content (AvgIpc) is 3.50. The van der Waals surface area contributed by atoms with Crippen molar-refractivity contribution in [2.75, 3.05) is 59.1 Å². The maximum Gasteiger partial charge on any atom is 0.422 e. The first-order valence-corrected chi connectivity index (χ1v) is 17.6. The van der Waals surface area contributed by atoms with E-state index in [-0.39, 0.29) is 36.3 Å². The molecule has 3 aliphatic rings. The standard InChI is InChI=1S/C37H40Cl2F3N5O4/c1-36(2,3)26-8-13-29(30(22-26)51-23-37(40,41)42)33-43-31(24-4-9-27(38)10-5-24)32(25-6-11-28(39)12-7-25)47(33)35(49)45-16-14-44(15-17-45)34(48)46-18-20-50-21-19-46/h4-13,22,31-32H,14-21,23H2,1-3H3/t31-,32+/m0/s1. The van der Waals surface area contributed by atoms with Crippen LogP contribution in [0.5, 0.6) is 5.75 Å². The number of hydrogen-bond acceptors (Lipinski definition) is 5. The number of aliphatic imine (C=N–C) groups is 1. The van der Waals surface area contributed by atoms with E-state index >= 15 is 0 Å². The van der Waals surface area contributed by atoms with E-state index in [9.17, 15) is 22.8 Å². The van der Waals surface area contributed by atoms with Crippen LogP contribution in [0, 0.1) is 0 Å². The van der Waals surface area contributed by atoms with E-state index in [4.69, 9.17) is 37.7 Å². The van der Waals surface area contributed by atoms with Crippen LogP contribution in [0.4, 0.5) is 22.8 Å². The van der Waals surface area contributed by atoms with Crippen molar-refractivity contribution in [2.45, 2.75) is 44.4 Å². The zero-order valence-electron chi connectivity index (χ0n) is 28.6. The second-order valence-corrected chi connectivity index (χ2v) is 14.7. The molecule has 0 saturated carbocycles. The van der Waals surface area contributed by atoms with Crippen molar-refractivity contribution in [3.05, 3.63) is 99.0 Å². The summed E-state index contributed by atoms with van der Waals surface area (Å²) in [5.41, 5.74) is 2.06. The lowest BCUT2D eigenvalue weighted by Crippen LogP contribution is -2.58. The van der Waals surface area contributed by atoms with Gasteiger partial charge in [0.2, 0.25) is 0 Å². The highest BCUT2D eigenvalue weighted by Gasteiger charge is 2.45. The van der Waals surface area contributed by atoms with Gasteiger partial charge in [-0.25, -0.2) is 9.59 Å². The molecule has 0 bridgehead atoms. The molecule has 3 aromatic carbocycles. The lowest BCUT2D eigenvalue weighted by molar-refractivity contribution is -0.153. The molecule has 2 atom stereocenters. The van der Waals surface area contributed by atoms with Crippen molar-refractivity contribution < 1.29 is 32.2 Å². The molecule has 14 heteroatoms. The number of halogens is 5. The van der Waals surface area contributed by atoms with Gasteiger partial charge in [-0.15, -0.1) is 0 Å². The van der Waals surface area contributed by atoms with Gasteiger partial charge < -0.3 is 24.2 Å². The molecule has 0 spiro atoms. The maximum absolute atomic E-state index is 14.9. The second-order valence-electron chi connectivity index (χ2n) is 13.8. The van der Waals surface area contributed by atoms with E-state index in [1.54, 1.807) is 56.0 Å². The number of carbonyl (C=O) groups excluding carboxylic acids is 2. The van der Waals surface area contributed by atoms with Crippen LogP contribution in [0.1, 0.15) is 55.1 Å². The molecular formula is C37H40Cl2F3N5O4. The third-order valence-electron chi connectivity index (χ3n) is 9.28. The van der Waals surface area contributed by atoms with E-state index < -0.39 is 36.3 Å². The minimum absolute atomic E-state index is 0.0381. The fourth-order valence-electron chi connectivity index (χ4n) is 6.50. The Morgan fingerprint density at radius 3 is 1.86 bits per heavy atom. The molecule has 51 heavy (non-hydrogen) atoms.